The van der Waals surface area contributed by atoms with Crippen LogP contribution in [0.2, 0.25) is 0 Å². The first kappa shape index (κ1) is 13.6. The van der Waals surface area contributed by atoms with Gasteiger partial charge in [0, 0.05) is 28.5 Å². The molecule has 112 valence electrons. The summed E-state index contributed by atoms with van der Waals surface area (Å²) in [6, 6.07) is 21.2. The summed E-state index contributed by atoms with van der Waals surface area (Å²) < 4.78 is 10.9. The number of methoxy groups -OCH3 is 1. The molecule has 3 heteroatoms. The molecule has 0 saturated carbocycles. The third kappa shape index (κ3) is 2.18. The molecule has 3 nitrogen and oxygen atoms in total. The van der Waals surface area contributed by atoms with Gasteiger partial charge in [0.1, 0.15) is 11.3 Å². The summed E-state index contributed by atoms with van der Waals surface area (Å²) in [5, 5.41) is 2.92. The Bertz CT molecular complexity index is 1060. The van der Waals surface area contributed by atoms with Crippen LogP contribution in [0.25, 0.3) is 32.9 Å². The van der Waals surface area contributed by atoms with E-state index in [1.807, 2.05) is 54.6 Å². The zero-order valence-corrected chi connectivity index (χ0v) is 12.6. The number of hydrogen-bond donors (Lipinski definition) is 0. The van der Waals surface area contributed by atoms with Crippen molar-refractivity contribution in [3.05, 3.63) is 77.2 Å². The fourth-order valence-electron chi connectivity index (χ4n) is 3.02. The van der Waals surface area contributed by atoms with Gasteiger partial charge in [-0.3, -0.25) is 0 Å². The van der Waals surface area contributed by atoms with Gasteiger partial charge in [0.25, 0.3) is 0 Å². The molecule has 0 aliphatic heterocycles. The van der Waals surface area contributed by atoms with Crippen molar-refractivity contribution >= 4 is 21.7 Å². The first-order valence-corrected chi connectivity index (χ1v) is 7.37. The molecule has 1 heterocycles. The monoisotopic (exact) mass is 302 g/mol. The van der Waals surface area contributed by atoms with Crippen molar-refractivity contribution in [1.82, 2.24) is 0 Å². The number of ether oxygens (including phenoxy) is 1. The zero-order valence-electron chi connectivity index (χ0n) is 12.6. The quantitative estimate of drug-likeness (QED) is 0.400. The molecule has 0 amide bonds. The predicted octanol–water partition coefficient (Wildman–Crippen LogP) is 4.62. The van der Waals surface area contributed by atoms with Gasteiger partial charge >= 0.3 is 5.63 Å². The number of hydrogen-bond acceptors (Lipinski definition) is 3. The second-order valence-corrected chi connectivity index (χ2v) is 5.34. The molecule has 0 fully saturated rings. The van der Waals surface area contributed by atoms with Gasteiger partial charge in [-0.15, -0.1) is 0 Å². The van der Waals surface area contributed by atoms with Crippen molar-refractivity contribution in [1.29, 1.82) is 0 Å². The van der Waals surface area contributed by atoms with Crippen LogP contribution < -0.4 is 10.4 Å². The van der Waals surface area contributed by atoms with Crippen molar-refractivity contribution in [2.75, 3.05) is 7.11 Å². The number of rotatable bonds is 2. The minimum absolute atomic E-state index is 0.367. The van der Waals surface area contributed by atoms with E-state index in [9.17, 15) is 4.79 Å². The molecule has 0 bridgehead atoms. The van der Waals surface area contributed by atoms with Gasteiger partial charge in [0.15, 0.2) is 0 Å². The first-order chi connectivity index (χ1) is 11.3. The van der Waals surface area contributed by atoms with Crippen LogP contribution in [0.15, 0.2) is 75.9 Å². The highest BCUT2D eigenvalue weighted by Gasteiger charge is 2.14. The van der Waals surface area contributed by atoms with Gasteiger partial charge in [0.2, 0.25) is 0 Å². The summed E-state index contributed by atoms with van der Waals surface area (Å²) in [6.45, 7) is 0. The van der Waals surface area contributed by atoms with E-state index in [-0.39, 0.29) is 5.63 Å². The molecular weight excluding hydrogens is 288 g/mol. The Morgan fingerprint density at radius 1 is 0.870 bits per heavy atom. The highest BCUT2D eigenvalue weighted by Crippen LogP contribution is 2.37. The van der Waals surface area contributed by atoms with Gasteiger partial charge < -0.3 is 9.15 Å². The molecule has 1 aromatic heterocycles. The Labute approximate surface area is 132 Å². The van der Waals surface area contributed by atoms with E-state index in [0.717, 1.165) is 27.3 Å². The maximum absolute atomic E-state index is 12.0. The molecular formula is C20H14O3. The van der Waals surface area contributed by atoms with E-state index in [4.69, 9.17) is 9.15 Å². The van der Waals surface area contributed by atoms with E-state index in [2.05, 4.69) is 0 Å². The van der Waals surface area contributed by atoms with Crippen LogP contribution in [-0.4, -0.2) is 7.11 Å². The molecule has 3 aromatic carbocycles. The highest BCUT2D eigenvalue weighted by molar-refractivity contribution is 6.14. The van der Waals surface area contributed by atoms with Crippen molar-refractivity contribution in [2.24, 2.45) is 0 Å². The Morgan fingerprint density at radius 2 is 1.57 bits per heavy atom. The average Bonchev–Trinajstić information content (AvgIpc) is 2.60. The summed E-state index contributed by atoms with van der Waals surface area (Å²) in [4.78, 5) is 12.0. The topological polar surface area (TPSA) is 39.4 Å². The molecule has 0 unspecified atom stereocenters. The lowest BCUT2D eigenvalue weighted by Crippen LogP contribution is -1.99. The average molecular weight is 302 g/mol. The van der Waals surface area contributed by atoms with Crippen LogP contribution >= 0.6 is 0 Å². The molecule has 4 aromatic rings. The lowest BCUT2D eigenvalue weighted by atomic mass is 9.97. The van der Waals surface area contributed by atoms with Crippen molar-refractivity contribution in [2.45, 2.75) is 0 Å². The number of benzene rings is 3. The maximum atomic E-state index is 12.0. The molecule has 0 N–H and O–H groups in total. The summed E-state index contributed by atoms with van der Waals surface area (Å²) in [7, 11) is 1.62. The maximum Gasteiger partial charge on any atom is 0.336 e. The Balaban J connectivity index is 2.24. The largest absolute Gasteiger partial charge is 0.496 e. The minimum atomic E-state index is -0.367. The van der Waals surface area contributed by atoms with E-state index >= 15 is 0 Å². The SMILES string of the molecule is COc1cc2oc(=O)cc(-c3ccccc3)c2c2ccccc12. The fraction of sp³-hybridized carbons (Fsp3) is 0.0500. The molecule has 0 spiro atoms. The molecule has 4 rings (SSSR count). The highest BCUT2D eigenvalue weighted by atomic mass is 16.5. The minimum Gasteiger partial charge on any atom is -0.496 e. The Morgan fingerprint density at radius 3 is 2.30 bits per heavy atom. The fourth-order valence-corrected chi connectivity index (χ4v) is 3.02. The lowest BCUT2D eigenvalue weighted by molar-refractivity contribution is 0.419. The van der Waals surface area contributed by atoms with Crippen molar-refractivity contribution < 1.29 is 9.15 Å². The second kappa shape index (κ2) is 5.29. The zero-order chi connectivity index (χ0) is 15.8. The summed E-state index contributed by atoms with van der Waals surface area (Å²) in [5.41, 5.74) is 2.03. The molecule has 0 radical (unpaired) electrons. The molecule has 0 aliphatic carbocycles. The van der Waals surface area contributed by atoms with E-state index in [1.54, 1.807) is 19.2 Å². The Hall–Kier alpha value is -3.07. The van der Waals surface area contributed by atoms with Crippen LogP contribution in [0.5, 0.6) is 5.75 Å². The standard InChI is InChI=1S/C20H14O3/c1-22-17-12-18-20(15-10-6-5-9-14(15)17)16(11-19(21)23-18)13-7-3-2-4-8-13/h2-12H,1H3. The first-order valence-electron chi connectivity index (χ1n) is 7.37. The van der Waals surface area contributed by atoms with Crippen LogP contribution in [0.4, 0.5) is 0 Å². The van der Waals surface area contributed by atoms with Gasteiger partial charge in [-0.1, -0.05) is 54.6 Å². The lowest BCUT2D eigenvalue weighted by Gasteiger charge is -2.12. The van der Waals surface area contributed by atoms with Crippen molar-refractivity contribution in [3.63, 3.8) is 0 Å². The van der Waals surface area contributed by atoms with E-state index in [1.165, 1.54) is 0 Å². The molecule has 23 heavy (non-hydrogen) atoms. The summed E-state index contributed by atoms with van der Waals surface area (Å²) in [6.07, 6.45) is 0. The third-order valence-corrected chi connectivity index (χ3v) is 4.02. The normalized spacial score (nSPS) is 11.0. The van der Waals surface area contributed by atoms with Crippen LogP contribution in [0.1, 0.15) is 0 Å². The second-order valence-electron chi connectivity index (χ2n) is 5.34. The smallest absolute Gasteiger partial charge is 0.336 e. The van der Waals surface area contributed by atoms with Gasteiger partial charge in [-0.2, -0.15) is 0 Å². The predicted molar refractivity (Wildman–Crippen MR) is 92.0 cm³/mol. The Kier molecular flexibility index (Phi) is 3.12. The van der Waals surface area contributed by atoms with Gasteiger partial charge in [-0.05, 0) is 10.9 Å². The van der Waals surface area contributed by atoms with Crippen LogP contribution in [0, 0.1) is 0 Å². The van der Waals surface area contributed by atoms with Crippen molar-refractivity contribution in [3.8, 4) is 16.9 Å². The summed E-state index contributed by atoms with van der Waals surface area (Å²) in [5.74, 6) is 0.696. The number of fused-ring (bicyclic) bond motifs is 3. The molecule has 0 atom stereocenters. The summed E-state index contributed by atoms with van der Waals surface area (Å²) >= 11 is 0. The van der Waals surface area contributed by atoms with Crippen LogP contribution in [-0.2, 0) is 0 Å². The van der Waals surface area contributed by atoms with Gasteiger partial charge in [0.05, 0.1) is 7.11 Å². The van der Waals surface area contributed by atoms with Crippen LogP contribution in [0.3, 0.4) is 0 Å². The molecule has 0 aliphatic rings. The molecule has 0 saturated heterocycles. The van der Waals surface area contributed by atoms with E-state index in [0.29, 0.717) is 11.3 Å². The van der Waals surface area contributed by atoms with Gasteiger partial charge in [-0.25, -0.2) is 4.79 Å². The van der Waals surface area contributed by atoms with E-state index < -0.39 is 0 Å². The third-order valence-electron chi connectivity index (χ3n) is 4.02.